The number of hydrogen-bond acceptors (Lipinski definition) is 5. The molecule has 0 aromatic carbocycles. The molecule has 0 aliphatic carbocycles. The zero-order chi connectivity index (χ0) is 15.7. The average molecular weight is 308 g/mol. The molecule has 0 aliphatic heterocycles. The molecule has 0 spiro atoms. The van der Waals surface area contributed by atoms with Crippen LogP contribution in [0.15, 0.2) is 11.4 Å². The summed E-state index contributed by atoms with van der Waals surface area (Å²) in [5.41, 5.74) is 5.86. The second-order valence-corrected chi connectivity index (χ2v) is 5.15. The van der Waals surface area contributed by atoms with Crippen molar-refractivity contribution < 1.29 is 14.3 Å². The third kappa shape index (κ3) is 5.58. The molecular formula is C15H20N2O3S. The predicted octanol–water partition coefficient (Wildman–Crippen LogP) is 1.47. The molecule has 114 valence electrons. The summed E-state index contributed by atoms with van der Waals surface area (Å²) in [5.74, 6) is 5.07. The van der Waals surface area contributed by atoms with Gasteiger partial charge in [0.25, 0.3) is 5.91 Å². The van der Waals surface area contributed by atoms with Crippen molar-refractivity contribution in [1.82, 2.24) is 4.90 Å². The van der Waals surface area contributed by atoms with Crippen molar-refractivity contribution in [2.24, 2.45) is 5.73 Å². The SMILES string of the molecule is CCCN(CC(=O)OCC)C(=O)c1csc(C#CCN)c1. The Labute approximate surface area is 129 Å². The molecule has 6 heteroatoms. The maximum Gasteiger partial charge on any atom is 0.325 e. The largest absolute Gasteiger partial charge is 0.465 e. The number of amides is 1. The number of carbonyl (C=O) groups excluding carboxylic acids is 2. The Morgan fingerprint density at radius 1 is 1.43 bits per heavy atom. The lowest BCUT2D eigenvalue weighted by Gasteiger charge is -2.20. The standard InChI is InChI=1S/C15H20N2O3S/c1-3-8-17(10-14(18)20-4-2)15(19)12-9-13(21-11-12)6-5-7-16/h9,11H,3-4,7-8,10,16H2,1-2H3. The quantitative estimate of drug-likeness (QED) is 0.638. The summed E-state index contributed by atoms with van der Waals surface area (Å²) in [4.78, 5) is 26.3. The Morgan fingerprint density at radius 3 is 2.81 bits per heavy atom. The zero-order valence-corrected chi connectivity index (χ0v) is 13.2. The van der Waals surface area contributed by atoms with E-state index in [1.165, 1.54) is 16.2 Å². The van der Waals surface area contributed by atoms with Crippen molar-refractivity contribution in [3.63, 3.8) is 0 Å². The number of nitrogens with zero attached hydrogens (tertiary/aromatic N) is 1. The number of hydrogen-bond donors (Lipinski definition) is 1. The van der Waals surface area contributed by atoms with Gasteiger partial charge in [-0.1, -0.05) is 18.8 Å². The molecule has 1 amide bonds. The van der Waals surface area contributed by atoms with Crippen molar-refractivity contribution in [1.29, 1.82) is 0 Å². The molecule has 0 atom stereocenters. The van der Waals surface area contributed by atoms with Crippen molar-refractivity contribution in [3.8, 4) is 11.8 Å². The van der Waals surface area contributed by atoms with Gasteiger partial charge in [0, 0.05) is 11.9 Å². The van der Waals surface area contributed by atoms with Gasteiger partial charge in [-0.25, -0.2) is 0 Å². The highest BCUT2D eigenvalue weighted by Gasteiger charge is 2.19. The first kappa shape index (κ1) is 17.2. The lowest BCUT2D eigenvalue weighted by molar-refractivity contribution is -0.143. The highest BCUT2D eigenvalue weighted by atomic mass is 32.1. The Morgan fingerprint density at radius 2 is 2.19 bits per heavy atom. The van der Waals surface area contributed by atoms with Gasteiger partial charge in [-0.2, -0.15) is 0 Å². The molecule has 0 bridgehead atoms. The molecule has 21 heavy (non-hydrogen) atoms. The Balaban J connectivity index is 2.80. The van der Waals surface area contributed by atoms with Gasteiger partial charge in [0.15, 0.2) is 0 Å². The second kappa shape index (κ2) is 9.16. The minimum atomic E-state index is -0.391. The Bertz CT molecular complexity index is 543. The smallest absolute Gasteiger partial charge is 0.325 e. The molecule has 2 N–H and O–H groups in total. The van der Waals surface area contributed by atoms with Gasteiger partial charge in [-0.05, 0) is 19.4 Å². The van der Waals surface area contributed by atoms with Gasteiger partial charge in [0.05, 0.1) is 23.6 Å². The monoisotopic (exact) mass is 308 g/mol. The summed E-state index contributed by atoms with van der Waals surface area (Å²) < 4.78 is 4.90. The number of thiophene rings is 1. The van der Waals surface area contributed by atoms with E-state index in [1.807, 2.05) is 6.92 Å². The fourth-order valence-corrected chi connectivity index (χ4v) is 2.47. The molecule has 0 unspecified atom stereocenters. The van der Waals surface area contributed by atoms with Crippen molar-refractivity contribution in [3.05, 3.63) is 21.9 Å². The van der Waals surface area contributed by atoms with E-state index in [4.69, 9.17) is 10.5 Å². The summed E-state index contributed by atoms with van der Waals surface area (Å²) in [6.45, 7) is 4.77. The minimum Gasteiger partial charge on any atom is -0.465 e. The van der Waals surface area contributed by atoms with Crippen LogP contribution in [0.25, 0.3) is 0 Å². The van der Waals surface area contributed by atoms with Crippen LogP contribution in [0.5, 0.6) is 0 Å². The number of esters is 1. The fourth-order valence-electron chi connectivity index (χ4n) is 1.72. The lowest BCUT2D eigenvalue weighted by atomic mass is 10.2. The van der Waals surface area contributed by atoms with E-state index in [-0.39, 0.29) is 19.0 Å². The van der Waals surface area contributed by atoms with Crippen LogP contribution in [0.4, 0.5) is 0 Å². The Kier molecular flexibility index (Phi) is 7.51. The molecule has 5 nitrogen and oxygen atoms in total. The van der Waals surface area contributed by atoms with E-state index >= 15 is 0 Å². The first-order valence-electron chi connectivity index (χ1n) is 6.84. The number of rotatable bonds is 6. The Hall–Kier alpha value is -1.84. The van der Waals surface area contributed by atoms with E-state index < -0.39 is 5.97 Å². The zero-order valence-electron chi connectivity index (χ0n) is 12.3. The summed E-state index contributed by atoms with van der Waals surface area (Å²) in [7, 11) is 0. The third-order valence-corrected chi connectivity index (χ3v) is 3.41. The maximum atomic E-state index is 12.4. The van der Waals surface area contributed by atoms with Gasteiger partial charge in [-0.15, -0.1) is 11.3 Å². The summed E-state index contributed by atoms with van der Waals surface area (Å²) in [6.07, 6.45) is 0.773. The summed E-state index contributed by atoms with van der Waals surface area (Å²) >= 11 is 1.39. The highest BCUT2D eigenvalue weighted by molar-refractivity contribution is 7.10. The lowest BCUT2D eigenvalue weighted by Crippen LogP contribution is -2.36. The maximum absolute atomic E-state index is 12.4. The molecule has 0 fully saturated rings. The van der Waals surface area contributed by atoms with E-state index in [9.17, 15) is 9.59 Å². The topological polar surface area (TPSA) is 72.6 Å². The molecule has 1 aromatic heterocycles. The number of nitrogens with two attached hydrogens (primary N) is 1. The van der Waals surface area contributed by atoms with Crippen LogP contribution >= 0.6 is 11.3 Å². The van der Waals surface area contributed by atoms with Gasteiger partial charge in [0.2, 0.25) is 0 Å². The number of carbonyl (C=O) groups is 2. The summed E-state index contributed by atoms with van der Waals surface area (Å²) in [6, 6.07) is 1.73. The summed E-state index contributed by atoms with van der Waals surface area (Å²) in [5, 5.41) is 1.75. The van der Waals surface area contributed by atoms with Gasteiger partial charge >= 0.3 is 5.97 Å². The van der Waals surface area contributed by atoms with E-state index in [0.717, 1.165) is 11.3 Å². The molecule has 1 rings (SSSR count). The molecular weight excluding hydrogens is 288 g/mol. The van der Waals surface area contributed by atoms with E-state index in [2.05, 4.69) is 11.8 Å². The first-order valence-corrected chi connectivity index (χ1v) is 7.72. The minimum absolute atomic E-state index is 0.0276. The molecule has 0 saturated heterocycles. The van der Waals surface area contributed by atoms with Gasteiger partial charge < -0.3 is 15.4 Å². The van der Waals surface area contributed by atoms with Gasteiger partial charge in [-0.3, -0.25) is 9.59 Å². The molecule has 0 aliphatic rings. The first-order chi connectivity index (χ1) is 10.1. The average Bonchev–Trinajstić information content (AvgIpc) is 2.93. The number of ether oxygens (including phenoxy) is 1. The van der Waals surface area contributed by atoms with Gasteiger partial charge in [0.1, 0.15) is 6.54 Å². The predicted molar refractivity (Wildman–Crippen MR) is 83.1 cm³/mol. The van der Waals surface area contributed by atoms with Crippen LogP contribution in [-0.4, -0.2) is 43.0 Å². The third-order valence-electron chi connectivity index (χ3n) is 2.57. The van der Waals surface area contributed by atoms with Crippen LogP contribution in [0.3, 0.4) is 0 Å². The molecule has 0 saturated carbocycles. The molecule has 1 heterocycles. The van der Waals surface area contributed by atoms with Crippen molar-refractivity contribution in [2.75, 3.05) is 26.2 Å². The van der Waals surface area contributed by atoms with Crippen LogP contribution in [0.2, 0.25) is 0 Å². The van der Waals surface area contributed by atoms with Crippen LogP contribution in [0, 0.1) is 11.8 Å². The highest BCUT2D eigenvalue weighted by Crippen LogP contribution is 2.16. The fraction of sp³-hybridized carbons (Fsp3) is 0.467. The van der Waals surface area contributed by atoms with Crippen molar-refractivity contribution in [2.45, 2.75) is 20.3 Å². The van der Waals surface area contributed by atoms with Crippen LogP contribution < -0.4 is 5.73 Å². The van der Waals surface area contributed by atoms with E-state index in [1.54, 1.807) is 18.4 Å². The van der Waals surface area contributed by atoms with Crippen molar-refractivity contribution >= 4 is 23.2 Å². The normalized spacial score (nSPS) is 9.67. The molecule has 0 radical (unpaired) electrons. The second-order valence-electron chi connectivity index (χ2n) is 4.24. The van der Waals surface area contributed by atoms with Crippen LogP contribution in [-0.2, 0) is 9.53 Å². The van der Waals surface area contributed by atoms with E-state index in [0.29, 0.717) is 18.7 Å². The molecule has 1 aromatic rings. The van der Waals surface area contributed by atoms with Crippen LogP contribution in [0.1, 0.15) is 35.5 Å².